The highest BCUT2D eigenvalue weighted by atomic mass is 32.1. The maximum Gasteiger partial charge on any atom is 0.165 e. The topological polar surface area (TPSA) is 55.6 Å². The molecular formula is C12H19N5S. The van der Waals surface area contributed by atoms with Crippen LogP contribution in [0.5, 0.6) is 0 Å². The first kappa shape index (κ1) is 13.2. The van der Waals surface area contributed by atoms with Crippen molar-refractivity contribution in [2.45, 2.75) is 40.3 Å². The monoisotopic (exact) mass is 265 g/mol. The normalized spacial score (nSPS) is 12.9. The van der Waals surface area contributed by atoms with Crippen LogP contribution in [0, 0.1) is 13.8 Å². The van der Waals surface area contributed by atoms with Crippen LogP contribution in [0.2, 0.25) is 0 Å². The molecule has 5 nitrogen and oxygen atoms in total. The fraction of sp³-hybridized carbons (Fsp3) is 0.583. The fourth-order valence-corrected chi connectivity index (χ4v) is 3.08. The SMILES string of the molecule is CCNCc1nnnn1C(C)c1cc(C)sc1C. The van der Waals surface area contributed by atoms with Gasteiger partial charge in [-0.25, -0.2) is 4.68 Å². The van der Waals surface area contributed by atoms with Crippen molar-refractivity contribution < 1.29 is 0 Å². The Kier molecular flexibility index (Phi) is 4.08. The van der Waals surface area contributed by atoms with E-state index in [1.54, 1.807) is 0 Å². The van der Waals surface area contributed by atoms with Crippen molar-refractivity contribution in [2.75, 3.05) is 6.54 Å². The standard InChI is InChI=1S/C12H19N5S/c1-5-13-7-12-14-15-16-17(12)9(3)11-6-8(2)18-10(11)4/h6,9,13H,5,7H2,1-4H3. The lowest BCUT2D eigenvalue weighted by Crippen LogP contribution is -2.19. The molecule has 0 spiro atoms. The van der Waals surface area contributed by atoms with Gasteiger partial charge in [0.1, 0.15) is 0 Å². The van der Waals surface area contributed by atoms with Crippen LogP contribution in [0.1, 0.15) is 41.0 Å². The van der Waals surface area contributed by atoms with Gasteiger partial charge in [-0.15, -0.1) is 16.4 Å². The summed E-state index contributed by atoms with van der Waals surface area (Å²) in [6.45, 7) is 10.1. The van der Waals surface area contributed by atoms with E-state index in [0.717, 1.165) is 12.4 Å². The Bertz CT molecular complexity index is 516. The van der Waals surface area contributed by atoms with Crippen molar-refractivity contribution in [1.29, 1.82) is 0 Å². The van der Waals surface area contributed by atoms with Crippen LogP contribution >= 0.6 is 11.3 Å². The summed E-state index contributed by atoms with van der Waals surface area (Å²) < 4.78 is 1.90. The molecule has 0 aliphatic rings. The molecule has 0 amide bonds. The number of tetrazole rings is 1. The van der Waals surface area contributed by atoms with E-state index in [1.807, 2.05) is 16.0 Å². The molecule has 0 aromatic carbocycles. The Morgan fingerprint density at radius 2 is 2.22 bits per heavy atom. The highest BCUT2D eigenvalue weighted by Gasteiger charge is 2.17. The first-order chi connectivity index (χ1) is 8.63. The summed E-state index contributed by atoms with van der Waals surface area (Å²) in [7, 11) is 0. The van der Waals surface area contributed by atoms with Gasteiger partial charge in [0.25, 0.3) is 0 Å². The molecule has 18 heavy (non-hydrogen) atoms. The number of hydrogen-bond acceptors (Lipinski definition) is 5. The average molecular weight is 265 g/mol. The first-order valence-corrected chi connectivity index (χ1v) is 6.99. The molecule has 0 saturated heterocycles. The number of aromatic nitrogens is 4. The molecule has 2 heterocycles. The third kappa shape index (κ3) is 2.59. The fourth-order valence-electron chi connectivity index (χ4n) is 2.06. The van der Waals surface area contributed by atoms with Crippen molar-refractivity contribution in [3.05, 3.63) is 27.2 Å². The zero-order chi connectivity index (χ0) is 13.1. The third-order valence-electron chi connectivity index (χ3n) is 2.99. The second-order valence-corrected chi connectivity index (χ2v) is 5.83. The Balaban J connectivity index is 2.25. The molecular weight excluding hydrogens is 246 g/mol. The minimum atomic E-state index is 0.179. The molecule has 0 aliphatic carbocycles. The Morgan fingerprint density at radius 3 is 2.83 bits per heavy atom. The Morgan fingerprint density at radius 1 is 1.44 bits per heavy atom. The predicted octanol–water partition coefficient (Wildman–Crippen LogP) is 2.07. The number of hydrogen-bond donors (Lipinski definition) is 1. The zero-order valence-electron chi connectivity index (χ0n) is 11.3. The molecule has 0 radical (unpaired) electrons. The van der Waals surface area contributed by atoms with Crippen LogP contribution in [0.25, 0.3) is 0 Å². The van der Waals surface area contributed by atoms with Crippen LogP contribution in [0.3, 0.4) is 0 Å². The van der Waals surface area contributed by atoms with Crippen molar-refractivity contribution in [1.82, 2.24) is 25.5 Å². The van der Waals surface area contributed by atoms with Gasteiger partial charge in [0.15, 0.2) is 5.82 Å². The van der Waals surface area contributed by atoms with Crippen LogP contribution in [0.4, 0.5) is 0 Å². The summed E-state index contributed by atoms with van der Waals surface area (Å²) in [5.74, 6) is 0.882. The molecule has 1 unspecified atom stereocenters. The zero-order valence-corrected chi connectivity index (χ0v) is 12.1. The molecule has 98 valence electrons. The highest BCUT2D eigenvalue weighted by Crippen LogP contribution is 2.28. The van der Waals surface area contributed by atoms with Gasteiger partial charge in [-0.1, -0.05) is 6.92 Å². The minimum Gasteiger partial charge on any atom is -0.310 e. The van der Waals surface area contributed by atoms with Crippen LogP contribution in [0.15, 0.2) is 6.07 Å². The second kappa shape index (κ2) is 5.58. The predicted molar refractivity (Wildman–Crippen MR) is 72.8 cm³/mol. The maximum atomic E-state index is 4.12. The van der Waals surface area contributed by atoms with E-state index >= 15 is 0 Å². The maximum absolute atomic E-state index is 4.12. The average Bonchev–Trinajstić information content (AvgIpc) is 2.92. The lowest BCUT2D eigenvalue weighted by molar-refractivity contribution is 0.507. The molecule has 2 aromatic rings. The summed E-state index contributed by atoms with van der Waals surface area (Å²) in [6, 6.07) is 2.40. The molecule has 1 atom stereocenters. The van der Waals surface area contributed by atoms with Crippen LogP contribution < -0.4 is 5.32 Å². The molecule has 0 saturated carbocycles. The minimum absolute atomic E-state index is 0.179. The highest BCUT2D eigenvalue weighted by molar-refractivity contribution is 7.12. The van der Waals surface area contributed by atoms with Crippen LogP contribution in [-0.4, -0.2) is 26.8 Å². The van der Waals surface area contributed by atoms with Crippen molar-refractivity contribution in [3.63, 3.8) is 0 Å². The Hall–Kier alpha value is -1.27. The number of nitrogens with zero attached hydrogens (tertiary/aromatic N) is 4. The third-order valence-corrected chi connectivity index (χ3v) is 3.97. The van der Waals surface area contributed by atoms with Crippen molar-refractivity contribution in [3.8, 4) is 0 Å². The van der Waals surface area contributed by atoms with E-state index in [-0.39, 0.29) is 6.04 Å². The van der Waals surface area contributed by atoms with E-state index < -0.39 is 0 Å². The summed E-state index contributed by atoms with van der Waals surface area (Å²) in [5, 5.41) is 15.2. The van der Waals surface area contributed by atoms with E-state index in [4.69, 9.17) is 0 Å². The quantitative estimate of drug-likeness (QED) is 0.899. The molecule has 2 aromatic heterocycles. The lowest BCUT2D eigenvalue weighted by atomic mass is 10.1. The second-order valence-electron chi connectivity index (χ2n) is 4.36. The molecule has 0 aliphatic heterocycles. The summed E-state index contributed by atoms with van der Waals surface area (Å²) >= 11 is 1.82. The summed E-state index contributed by atoms with van der Waals surface area (Å²) in [5.41, 5.74) is 1.31. The van der Waals surface area contributed by atoms with E-state index in [1.165, 1.54) is 15.3 Å². The number of rotatable bonds is 5. The molecule has 2 rings (SSSR count). The van der Waals surface area contributed by atoms with Gasteiger partial charge in [-0.3, -0.25) is 0 Å². The van der Waals surface area contributed by atoms with E-state index in [2.05, 4.69) is 54.6 Å². The van der Waals surface area contributed by atoms with Gasteiger partial charge in [0.05, 0.1) is 12.6 Å². The largest absolute Gasteiger partial charge is 0.310 e. The van der Waals surface area contributed by atoms with Gasteiger partial charge >= 0.3 is 0 Å². The van der Waals surface area contributed by atoms with Crippen LogP contribution in [-0.2, 0) is 6.54 Å². The molecule has 0 fully saturated rings. The summed E-state index contributed by atoms with van der Waals surface area (Å²) in [4.78, 5) is 2.67. The van der Waals surface area contributed by atoms with Gasteiger partial charge in [-0.2, -0.15) is 0 Å². The van der Waals surface area contributed by atoms with Gasteiger partial charge in [-0.05, 0) is 49.4 Å². The smallest absolute Gasteiger partial charge is 0.165 e. The number of thiophene rings is 1. The number of aryl methyl sites for hydroxylation is 2. The molecule has 0 bridgehead atoms. The number of nitrogens with one attached hydrogen (secondary N) is 1. The first-order valence-electron chi connectivity index (χ1n) is 6.17. The van der Waals surface area contributed by atoms with Gasteiger partial charge in [0, 0.05) is 9.75 Å². The van der Waals surface area contributed by atoms with E-state index in [0.29, 0.717) is 6.54 Å². The van der Waals surface area contributed by atoms with Crippen molar-refractivity contribution >= 4 is 11.3 Å². The summed E-state index contributed by atoms with van der Waals surface area (Å²) in [6.07, 6.45) is 0. The molecule has 6 heteroatoms. The molecule has 1 N–H and O–H groups in total. The lowest BCUT2D eigenvalue weighted by Gasteiger charge is -2.13. The van der Waals surface area contributed by atoms with Gasteiger partial charge in [0.2, 0.25) is 0 Å². The van der Waals surface area contributed by atoms with Gasteiger partial charge < -0.3 is 5.32 Å². The van der Waals surface area contributed by atoms with E-state index in [9.17, 15) is 0 Å². The van der Waals surface area contributed by atoms with Crippen molar-refractivity contribution in [2.24, 2.45) is 0 Å². The Labute approximate surface area is 111 Å².